The van der Waals surface area contributed by atoms with Crippen LogP contribution in [-0.4, -0.2) is 19.5 Å². The molecule has 292 valence electrons. The molecule has 0 saturated carbocycles. The summed E-state index contributed by atoms with van der Waals surface area (Å²) in [5.74, 6) is 1.87. The van der Waals surface area contributed by atoms with Crippen molar-refractivity contribution in [2.24, 2.45) is 0 Å². The minimum atomic E-state index is 0.610. The van der Waals surface area contributed by atoms with Gasteiger partial charge in [-0.15, -0.1) is 11.3 Å². The molecule has 0 amide bonds. The van der Waals surface area contributed by atoms with Gasteiger partial charge >= 0.3 is 0 Å². The molecular formula is C57H32N4OS. The molecule has 0 bridgehead atoms. The van der Waals surface area contributed by atoms with Gasteiger partial charge in [-0.2, -0.15) is 0 Å². The molecule has 0 aliphatic rings. The molecule has 0 spiro atoms. The molecule has 4 aromatic heterocycles. The SMILES string of the molecule is c1ccc(-c2nc(-c3ccc4c(c3)sc3ccccc34)nc(-c3ccc4c(-n5c6cc7ccccc7cc6c6cc7ccccc7cc65)cc5oc6ccccc6c5c4c3)n2)cc1. The second kappa shape index (κ2) is 13.2. The monoisotopic (exact) mass is 820 g/mol. The quantitative estimate of drug-likeness (QED) is 0.177. The van der Waals surface area contributed by atoms with E-state index in [1.54, 1.807) is 11.3 Å². The molecule has 0 fully saturated rings. The standard InChI is InChI=1S/C57H32N4OS/c1-2-12-33(13-3-1)55-58-56(60-57(59-55)39-23-25-42-41-18-9-11-21-52(41)63-53(42)31-39)38-22-24-40-46(28-38)54-43-19-8-10-20-50(43)62-51(54)32-49(40)61-47-29-36-16-6-4-14-34(36)26-44(47)45-27-35-15-5-7-17-37(35)30-48(45)61/h1-32H. The van der Waals surface area contributed by atoms with E-state index in [4.69, 9.17) is 19.4 Å². The molecule has 0 aliphatic heterocycles. The summed E-state index contributed by atoms with van der Waals surface area (Å²) < 4.78 is 11.7. The first-order valence-electron chi connectivity index (χ1n) is 21.2. The zero-order chi connectivity index (χ0) is 41.2. The lowest BCUT2D eigenvalue weighted by Gasteiger charge is -2.14. The average Bonchev–Trinajstić information content (AvgIpc) is 4.01. The minimum absolute atomic E-state index is 0.610. The number of fused-ring (bicyclic) bond motifs is 13. The van der Waals surface area contributed by atoms with Crippen molar-refractivity contribution in [2.45, 2.75) is 0 Å². The van der Waals surface area contributed by atoms with Crippen LogP contribution in [0.2, 0.25) is 0 Å². The zero-order valence-corrected chi connectivity index (χ0v) is 34.4. The van der Waals surface area contributed by atoms with Crippen LogP contribution in [0.5, 0.6) is 0 Å². The predicted octanol–water partition coefficient (Wildman–Crippen LogP) is 15.7. The van der Waals surface area contributed by atoms with Crippen molar-refractivity contribution in [3.8, 4) is 39.9 Å². The van der Waals surface area contributed by atoms with Crippen molar-refractivity contribution in [1.82, 2.24) is 19.5 Å². The molecule has 6 heteroatoms. The molecule has 10 aromatic carbocycles. The van der Waals surface area contributed by atoms with Crippen LogP contribution in [0.1, 0.15) is 0 Å². The summed E-state index contributed by atoms with van der Waals surface area (Å²) in [5, 5.41) is 14.1. The minimum Gasteiger partial charge on any atom is -0.456 e. The van der Waals surface area contributed by atoms with Crippen LogP contribution in [0.3, 0.4) is 0 Å². The molecule has 14 aromatic rings. The van der Waals surface area contributed by atoms with E-state index in [-0.39, 0.29) is 0 Å². The Morgan fingerprint density at radius 2 is 0.889 bits per heavy atom. The number of para-hydroxylation sites is 1. The lowest BCUT2D eigenvalue weighted by atomic mass is 9.99. The third kappa shape index (κ3) is 5.25. The van der Waals surface area contributed by atoms with Gasteiger partial charge in [0.2, 0.25) is 0 Å². The maximum absolute atomic E-state index is 6.77. The van der Waals surface area contributed by atoms with Crippen LogP contribution in [-0.2, 0) is 0 Å². The number of aromatic nitrogens is 4. The third-order valence-corrected chi connectivity index (χ3v) is 13.9. The largest absolute Gasteiger partial charge is 0.456 e. The lowest BCUT2D eigenvalue weighted by molar-refractivity contribution is 0.669. The van der Waals surface area contributed by atoms with E-state index in [9.17, 15) is 0 Å². The molecule has 0 N–H and O–H groups in total. The van der Waals surface area contributed by atoms with Gasteiger partial charge < -0.3 is 8.98 Å². The van der Waals surface area contributed by atoms with Crippen LogP contribution >= 0.6 is 11.3 Å². The predicted molar refractivity (Wildman–Crippen MR) is 263 cm³/mol. The van der Waals surface area contributed by atoms with Crippen molar-refractivity contribution >= 4 is 108 Å². The first-order chi connectivity index (χ1) is 31.2. The van der Waals surface area contributed by atoms with E-state index in [0.717, 1.165) is 66.1 Å². The van der Waals surface area contributed by atoms with Gasteiger partial charge in [0.25, 0.3) is 0 Å². The third-order valence-electron chi connectivity index (χ3n) is 12.8. The smallest absolute Gasteiger partial charge is 0.164 e. The number of thiophene rings is 1. The Labute approximate surface area is 363 Å². The molecule has 0 radical (unpaired) electrons. The normalized spacial score (nSPS) is 12.1. The zero-order valence-electron chi connectivity index (χ0n) is 33.6. The molecule has 0 unspecified atom stereocenters. The molecular weight excluding hydrogens is 789 g/mol. The number of nitrogens with zero attached hydrogens (tertiary/aromatic N) is 4. The molecule has 0 aliphatic carbocycles. The summed E-state index contributed by atoms with van der Waals surface area (Å²) in [6.45, 7) is 0. The van der Waals surface area contributed by atoms with E-state index in [0.29, 0.717) is 17.5 Å². The molecule has 0 saturated heterocycles. The van der Waals surface area contributed by atoms with Crippen LogP contribution in [0.25, 0.3) is 136 Å². The molecule has 5 nitrogen and oxygen atoms in total. The summed E-state index contributed by atoms with van der Waals surface area (Å²) in [6, 6.07) is 69.2. The molecule has 4 heterocycles. The van der Waals surface area contributed by atoms with Crippen LogP contribution in [0.15, 0.2) is 199 Å². The van der Waals surface area contributed by atoms with Crippen LogP contribution in [0.4, 0.5) is 0 Å². The van der Waals surface area contributed by atoms with Gasteiger partial charge in [-0.25, -0.2) is 15.0 Å². The van der Waals surface area contributed by atoms with Gasteiger partial charge in [0, 0.05) is 69.9 Å². The number of rotatable bonds is 4. The maximum atomic E-state index is 6.77. The highest BCUT2D eigenvalue weighted by molar-refractivity contribution is 7.25. The number of hydrogen-bond donors (Lipinski definition) is 0. The highest BCUT2D eigenvalue weighted by atomic mass is 32.1. The fourth-order valence-electron chi connectivity index (χ4n) is 9.81. The van der Waals surface area contributed by atoms with Gasteiger partial charge in [0.15, 0.2) is 17.5 Å². The Kier molecular flexibility index (Phi) is 7.21. The van der Waals surface area contributed by atoms with Gasteiger partial charge in [-0.05, 0) is 75.5 Å². The molecule has 63 heavy (non-hydrogen) atoms. The van der Waals surface area contributed by atoms with Crippen molar-refractivity contribution in [3.05, 3.63) is 194 Å². The lowest BCUT2D eigenvalue weighted by Crippen LogP contribution is -2.00. The Morgan fingerprint density at radius 3 is 1.59 bits per heavy atom. The Balaban J connectivity index is 1.05. The van der Waals surface area contributed by atoms with Crippen molar-refractivity contribution in [2.75, 3.05) is 0 Å². The second-order valence-electron chi connectivity index (χ2n) is 16.4. The summed E-state index contributed by atoms with van der Waals surface area (Å²) in [5.41, 5.74) is 7.79. The van der Waals surface area contributed by atoms with Crippen molar-refractivity contribution in [3.63, 3.8) is 0 Å². The van der Waals surface area contributed by atoms with Gasteiger partial charge in [0.1, 0.15) is 11.2 Å². The van der Waals surface area contributed by atoms with Crippen molar-refractivity contribution in [1.29, 1.82) is 0 Å². The Morgan fingerprint density at radius 1 is 0.349 bits per heavy atom. The van der Waals surface area contributed by atoms with E-state index >= 15 is 0 Å². The molecule has 14 rings (SSSR count). The first-order valence-corrected chi connectivity index (χ1v) is 22.0. The van der Waals surface area contributed by atoms with Crippen LogP contribution in [0, 0.1) is 0 Å². The van der Waals surface area contributed by atoms with Gasteiger partial charge in [-0.3, -0.25) is 0 Å². The van der Waals surface area contributed by atoms with Crippen LogP contribution < -0.4 is 0 Å². The van der Waals surface area contributed by atoms with E-state index in [1.165, 1.54) is 52.5 Å². The topological polar surface area (TPSA) is 56.7 Å². The van der Waals surface area contributed by atoms with Gasteiger partial charge in [-0.1, -0.05) is 140 Å². The number of furan rings is 1. The summed E-state index contributed by atoms with van der Waals surface area (Å²) in [6.07, 6.45) is 0. The molecule has 0 atom stereocenters. The fraction of sp³-hybridized carbons (Fsp3) is 0. The van der Waals surface area contributed by atoms with Crippen molar-refractivity contribution < 1.29 is 4.42 Å². The average molecular weight is 821 g/mol. The highest BCUT2D eigenvalue weighted by Gasteiger charge is 2.22. The number of benzene rings is 10. The fourth-order valence-corrected chi connectivity index (χ4v) is 11.0. The summed E-state index contributed by atoms with van der Waals surface area (Å²) in [4.78, 5) is 15.6. The first kappa shape index (κ1) is 34.5. The number of hydrogen-bond acceptors (Lipinski definition) is 5. The summed E-state index contributed by atoms with van der Waals surface area (Å²) in [7, 11) is 0. The second-order valence-corrected chi connectivity index (χ2v) is 17.5. The van der Waals surface area contributed by atoms with Gasteiger partial charge in [0.05, 0.1) is 16.7 Å². The van der Waals surface area contributed by atoms with E-state index < -0.39 is 0 Å². The van der Waals surface area contributed by atoms with E-state index in [1.807, 2.05) is 24.3 Å². The maximum Gasteiger partial charge on any atom is 0.164 e. The Hall–Kier alpha value is -8.19. The summed E-state index contributed by atoms with van der Waals surface area (Å²) >= 11 is 1.80. The highest BCUT2D eigenvalue weighted by Crippen LogP contribution is 2.44. The Bertz CT molecular complexity index is 4130. The van der Waals surface area contributed by atoms with E-state index in [2.05, 4.69) is 174 Å².